The Morgan fingerprint density at radius 3 is 2.77 bits per heavy atom. The molecule has 0 saturated carbocycles. The van der Waals surface area contributed by atoms with Crippen LogP contribution in [0.5, 0.6) is 5.75 Å². The average Bonchev–Trinajstić information content (AvgIpc) is 2.51. The minimum atomic E-state index is -0.537. The summed E-state index contributed by atoms with van der Waals surface area (Å²) < 4.78 is 18.3. The molecule has 0 aliphatic heterocycles. The minimum absolute atomic E-state index is 0.000449. The highest BCUT2D eigenvalue weighted by Crippen LogP contribution is 2.24. The van der Waals surface area contributed by atoms with Crippen molar-refractivity contribution in [2.24, 2.45) is 5.10 Å². The number of carbonyl (C=O) groups excluding carboxylic acids is 1. The van der Waals surface area contributed by atoms with E-state index in [1.54, 1.807) is 24.3 Å². The van der Waals surface area contributed by atoms with E-state index in [9.17, 15) is 9.18 Å². The van der Waals surface area contributed by atoms with E-state index in [0.29, 0.717) is 15.6 Å². The van der Waals surface area contributed by atoms with E-state index in [4.69, 9.17) is 27.9 Å². The van der Waals surface area contributed by atoms with Crippen molar-refractivity contribution in [1.82, 2.24) is 5.43 Å². The normalized spacial score (nSPS) is 10.7. The van der Waals surface area contributed by atoms with Crippen LogP contribution in [-0.4, -0.2) is 18.7 Å². The number of hydrogen-bond donors (Lipinski definition) is 1. The van der Waals surface area contributed by atoms with Gasteiger partial charge < -0.3 is 4.74 Å². The SMILES string of the molecule is O=C(COc1ccccc1F)N/N=C\c1cccc(Cl)c1Cl. The van der Waals surface area contributed by atoms with Gasteiger partial charge in [-0.15, -0.1) is 0 Å². The van der Waals surface area contributed by atoms with Crippen molar-refractivity contribution >= 4 is 35.3 Å². The Labute approximate surface area is 136 Å². The van der Waals surface area contributed by atoms with Crippen molar-refractivity contribution in [3.63, 3.8) is 0 Å². The lowest BCUT2D eigenvalue weighted by molar-refractivity contribution is -0.123. The smallest absolute Gasteiger partial charge is 0.277 e. The second kappa shape index (κ2) is 7.77. The molecule has 0 spiro atoms. The van der Waals surface area contributed by atoms with E-state index in [2.05, 4.69) is 10.5 Å². The zero-order valence-electron chi connectivity index (χ0n) is 11.2. The summed E-state index contributed by atoms with van der Waals surface area (Å²) in [5.74, 6) is -1.07. The second-order valence-corrected chi connectivity index (χ2v) is 4.94. The van der Waals surface area contributed by atoms with Crippen LogP contribution in [0.25, 0.3) is 0 Å². The molecular weight excluding hydrogens is 330 g/mol. The molecule has 22 heavy (non-hydrogen) atoms. The van der Waals surface area contributed by atoms with Crippen molar-refractivity contribution in [2.45, 2.75) is 0 Å². The summed E-state index contributed by atoms with van der Waals surface area (Å²) in [6.07, 6.45) is 1.36. The Bertz CT molecular complexity index is 708. The summed E-state index contributed by atoms with van der Waals surface area (Å²) >= 11 is 11.8. The van der Waals surface area contributed by atoms with E-state index >= 15 is 0 Å². The summed E-state index contributed by atoms with van der Waals surface area (Å²) in [4.78, 5) is 11.5. The zero-order valence-corrected chi connectivity index (χ0v) is 12.7. The van der Waals surface area contributed by atoms with Gasteiger partial charge in [-0.1, -0.05) is 47.5 Å². The lowest BCUT2D eigenvalue weighted by Gasteiger charge is -2.05. The van der Waals surface area contributed by atoms with Crippen LogP contribution in [-0.2, 0) is 4.79 Å². The lowest BCUT2D eigenvalue weighted by Crippen LogP contribution is -2.24. The lowest BCUT2D eigenvalue weighted by atomic mass is 10.2. The summed E-state index contributed by atoms with van der Waals surface area (Å²) in [5, 5.41) is 4.46. The van der Waals surface area contributed by atoms with E-state index in [0.717, 1.165) is 0 Å². The van der Waals surface area contributed by atoms with Gasteiger partial charge in [0.1, 0.15) is 0 Å². The summed E-state index contributed by atoms with van der Waals surface area (Å²) in [6, 6.07) is 10.8. The average molecular weight is 341 g/mol. The highest BCUT2D eigenvalue weighted by Gasteiger charge is 2.05. The number of halogens is 3. The monoisotopic (exact) mass is 340 g/mol. The van der Waals surface area contributed by atoms with Gasteiger partial charge in [0.05, 0.1) is 16.3 Å². The van der Waals surface area contributed by atoms with E-state index in [1.165, 1.54) is 24.4 Å². The van der Waals surface area contributed by atoms with Crippen LogP contribution in [0, 0.1) is 5.82 Å². The van der Waals surface area contributed by atoms with Gasteiger partial charge in [0, 0.05) is 5.56 Å². The Hall–Kier alpha value is -2.11. The molecule has 0 saturated heterocycles. The molecule has 114 valence electrons. The van der Waals surface area contributed by atoms with Crippen LogP contribution in [0.1, 0.15) is 5.56 Å². The zero-order chi connectivity index (χ0) is 15.9. The summed E-state index contributed by atoms with van der Waals surface area (Å²) in [5.41, 5.74) is 2.81. The molecule has 0 aliphatic rings. The number of ether oxygens (including phenoxy) is 1. The first-order chi connectivity index (χ1) is 10.6. The Morgan fingerprint density at radius 1 is 1.23 bits per heavy atom. The van der Waals surface area contributed by atoms with E-state index in [1.807, 2.05) is 0 Å². The second-order valence-electron chi connectivity index (χ2n) is 4.16. The molecule has 0 bridgehead atoms. The molecule has 0 heterocycles. The van der Waals surface area contributed by atoms with Gasteiger partial charge in [-0.3, -0.25) is 4.79 Å². The Kier molecular flexibility index (Phi) is 5.75. The molecule has 0 aromatic heterocycles. The first-order valence-electron chi connectivity index (χ1n) is 6.21. The van der Waals surface area contributed by atoms with Gasteiger partial charge >= 0.3 is 0 Å². The molecule has 2 rings (SSSR count). The topological polar surface area (TPSA) is 50.7 Å². The van der Waals surface area contributed by atoms with E-state index < -0.39 is 11.7 Å². The van der Waals surface area contributed by atoms with Crippen LogP contribution >= 0.6 is 23.2 Å². The van der Waals surface area contributed by atoms with Crippen LogP contribution in [0.4, 0.5) is 4.39 Å². The number of nitrogens with zero attached hydrogens (tertiary/aromatic N) is 1. The molecule has 0 radical (unpaired) electrons. The maximum absolute atomic E-state index is 13.3. The number of carbonyl (C=O) groups is 1. The van der Waals surface area contributed by atoms with Crippen molar-refractivity contribution in [2.75, 3.05) is 6.61 Å². The standard InChI is InChI=1S/C15H11Cl2FN2O2/c16-11-5-3-4-10(15(11)17)8-19-20-14(21)9-22-13-7-2-1-6-12(13)18/h1-8H,9H2,(H,20,21)/b19-8-. The van der Waals surface area contributed by atoms with Gasteiger partial charge in [0.2, 0.25) is 0 Å². The van der Waals surface area contributed by atoms with Crippen LogP contribution in [0.15, 0.2) is 47.6 Å². The van der Waals surface area contributed by atoms with Gasteiger partial charge in [0.25, 0.3) is 5.91 Å². The molecule has 4 nitrogen and oxygen atoms in total. The van der Waals surface area contributed by atoms with Crippen molar-refractivity contribution in [1.29, 1.82) is 0 Å². The fourth-order valence-electron chi connectivity index (χ4n) is 1.53. The Morgan fingerprint density at radius 2 is 2.00 bits per heavy atom. The first-order valence-corrected chi connectivity index (χ1v) is 6.97. The van der Waals surface area contributed by atoms with Crippen molar-refractivity contribution in [3.8, 4) is 5.75 Å². The van der Waals surface area contributed by atoms with Crippen LogP contribution < -0.4 is 10.2 Å². The fourth-order valence-corrected chi connectivity index (χ4v) is 1.89. The van der Waals surface area contributed by atoms with E-state index in [-0.39, 0.29) is 12.4 Å². The summed E-state index contributed by atoms with van der Waals surface area (Å²) in [6.45, 7) is -0.360. The molecule has 1 N–H and O–H groups in total. The molecule has 2 aromatic carbocycles. The highest BCUT2D eigenvalue weighted by atomic mass is 35.5. The number of hydrogen-bond acceptors (Lipinski definition) is 3. The fraction of sp³-hybridized carbons (Fsp3) is 0.0667. The molecule has 1 amide bonds. The maximum atomic E-state index is 13.3. The van der Waals surface area contributed by atoms with Crippen molar-refractivity contribution in [3.05, 3.63) is 63.9 Å². The summed E-state index contributed by atoms with van der Waals surface area (Å²) in [7, 11) is 0. The first kappa shape index (κ1) is 16.3. The number of para-hydroxylation sites is 1. The van der Waals surface area contributed by atoms with Gasteiger partial charge in [-0.05, 0) is 18.2 Å². The molecule has 0 unspecified atom stereocenters. The van der Waals surface area contributed by atoms with Gasteiger partial charge in [-0.2, -0.15) is 5.10 Å². The highest BCUT2D eigenvalue weighted by molar-refractivity contribution is 6.43. The van der Waals surface area contributed by atoms with Crippen molar-refractivity contribution < 1.29 is 13.9 Å². The number of rotatable bonds is 5. The molecule has 7 heteroatoms. The maximum Gasteiger partial charge on any atom is 0.277 e. The molecular formula is C15H11Cl2FN2O2. The molecule has 0 aliphatic carbocycles. The third-order valence-electron chi connectivity index (χ3n) is 2.57. The number of nitrogens with one attached hydrogen (secondary N) is 1. The third kappa shape index (κ3) is 4.44. The number of amides is 1. The number of benzene rings is 2. The molecule has 0 fully saturated rings. The quantitative estimate of drug-likeness (QED) is 0.667. The third-order valence-corrected chi connectivity index (χ3v) is 3.40. The number of hydrazone groups is 1. The van der Waals surface area contributed by atoms with Gasteiger partial charge in [0.15, 0.2) is 18.2 Å². The van der Waals surface area contributed by atoms with Gasteiger partial charge in [-0.25, -0.2) is 9.82 Å². The predicted octanol–water partition coefficient (Wildman–Crippen LogP) is 3.66. The molecule has 0 atom stereocenters. The Balaban J connectivity index is 1.86. The predicted molar refractivity (Wildman–Crippen MR) is 84.1 cm³/mol. The van der Waals surface area contributed by atoms with Crippen LogP contribution in [0.2, 0.25) is 10.0 Å². The van der Waals surface area contributed by atoms with Crippen LogP contribution in [0.3, 0.4) is 0 Å². The largest absolute Gasteiger partial charge is 0.481 e. The minimum Gasteiger partial charge on any atom is -0.481 e. The molecule has 2 aromatic rings.